The van der Waals surface area contributed by atoms with Gasteiger partial charge in [-0.15, -0.1) is 0 Å². The molecule has 0 aliphatic rings. The van der Waals surface area contributed by atoms with Crippen LogP contribution in [-0.2, 0) is 14.8 Å². The van der Waals surface area contributed by atoms with Crippen molar-refractivity contribution < 1.29 is 17.9 Å². The Morgan fingerprint density at radius 3 is 2.25 bits per heavy atom. The number of ether oxygens (including phenoxy) is 1. The van der Waals surface area contributed by atoms with Crippen molar-refractivity contribution in [1.29, 1.82) is 0 Å². The summed E-state index contributed by atoms with van der Waals surface area (Å²) in [4.78, 5) is 12.7. The summed E-state index contributed by atoms with van der Waals surface area (Å²) in [5.74, 6) is -0.216. The van der Waals surface area contributed by atoms with Gasteiger partial charge in [0.25, 0.3) is 15.9 Å². The number of anilines is 1. The zero-order chi connectivity index (χ0) is 23.1. The number of benzene rings is 3. The highest BCUT2D eigenvalue weighted by atomic mass is 35.5. The van der Waals surface area contributed by atoms with Crippen LogP contribution in [0.1, 0.15) is 12.5 Å². The van der Waals surface area contributed by atoms with Gasteiger partial charge in [-0.3, -0.25) is 9.10 Å². The summed E-state index contributed by atoms with van der Waals surface area (Å²) in [6, 6.07) is 21.7. The first-order chi connectivity index (χ1) is 15.3. The Balaban J connectivity index is 1.91. The van der Waals surface area contributed by atoms with Gasteiger partial charge in [0.1, 0.15) is 12.3 Å². The number of hydrogen-bond acceptors (Lipinski definition) is 5. The molecule has 166 valence electrons. The molecule has 9 heteroatoms. The Morgan fingerprint density at radius 2 is 1.66 bits per heavy atom. The molecule has 3 aromatic carbocycles. The van der Waals surface area contributed by atoms with E-state index in [0.29, 0.717) is 11.5 Å². The molecule has 0 saturated heterocycles. The number of carbonyl (C=O) groups excluding carboxylic acids is 1. The van der Waals surface area contributed by atoms with Crippen molar-refractivity contribution in [2.75, 3.05) is 18.0 Å². The van der Waals surface area contributed by atoms with Crippen molar-refractivity contribution in [3.63, 3.8) is 0 Å². The summed E-state index contributed by atoms with van der Waals surface area (Å²) < 4.78 is 32.8. The summed E-state index contributed by atoms with van der Waals surface area (Å²) in [5, 5.41) is 4.31. The van der Waals surface area contributed by atoms with Crippen LogP contribution >= 0.6 is 11.6 Å². The molecule has 0 atom stereocenters. The molecule has 3 rings (SSSR count). The van der Waals surface area contributed by atoms with Crippen LogP contribution in [0.15, 0.2) is 88.9 Å². The van der Waals surface area contributed by atoms with E-state index in [4.69, 9.17) is 16.3 Å². The molecule has 0 saturated carbocycles. The Bertz CT molecular complexity index is 1220. The quantitative estimate of drug-likeness (QED) is 0.396. The second-order valence-electron chi connectivity index (χ2n) is 6.74. The second kappa shape index (κ2) is 10.3. The molecule has 32 heavy (non-hydrogen) atoms. The smallest absolute Gasteiger partial charge is 0.264 e. The molecular weight excluding hydrogens is 450 g/mol. The summed E-state index contributed by atoms with van der Waals surface area (Å²) in [6.45, 7) is 1.25. The number of amides is 1. The van der Waals surface area contributed by atoms with Crippen molar-refractivity contribution in [1.82, 2.24) is 5.43 Å². The molecule has 0 spiro atoms. The fourth-order valence-corrected chi connectivity index (χ4v) is 4.59. The number of rotatable bonds is 8. The molecule has 3 aromatic rings. The minimum atomic E-state index is -4.05. The number of nitrogens with one attached hydrogen (secondary N) is 1. The van der Waals surface area contributed by atoms with Gasteiger partial charge in [0, 0.05) is 0 Å². The maximum atomic E-state index is 13.3. The van der Waals surface area contributed by atoms with Gasteiger partial charge >= 0.3 is 0 Å². The maximum Gasteiger partial charge on any atom is 0.264 e. The molecule has 0 radical (unpaired) electrons. The van der Waals surface area contributed by atoms with Gasteiger partial charge in [-0.2, -0.15) is 5.10 Å². The minimum absolute atomic E-state index is 0.0451. The lowest BCUT2D eigenvalue weighted by atomic mass is 10.1. The number of hydrogen-bond donors (Lipinski definition) is 1. The minimum Gasteiger partial charge on any atom is -0.495 e. The first-order valence-electron chi connectivity index (χ1n) is 9.63. The zero-order valence-corrected chi connectivity index (χ0v) is 19.1. The molecule has 0 unspecified atom stereocenters. The molecule has 0 bridgehead atoms. The number of halogens is 1. The number of carbonyl (C=O) groups is 1. The van der Waals surface area contributed by atoms with Crippen LogP contribution in [0.3, 0.4) is 0 Å². The molecule has 1 N–H and O–H groups in total. The van der Waals surface area contributed by atoms with Crippen LogP contribution in [-0.4, -0.2) is 33.7 Å². The van der Waals surface area contributed by atoms with E-state index < -0.39 is 22.5 Å². The molecule has 7 nitrogen and oxygen atoms in total. The van der Waals surface area contributed by atoms with Crippen LogP contribution in [0.5, 0.6) is 5.75 Å². The van der Waals surface area contributed by atoms with Crippen molar-refractivity contribution >= 4 is 38.9 Å². The first kappa shape index (κ1) is 23.3. The van der Waals surface area contributed by atoms with E-state index in [2.05, 4.69) is 10.5 Å². The van der Waals surface area contributed by atoms with E-state index >= 15 is 0 Å². The van der Waals surface area contributed by atoms with E-state index in [1.165, 1.54) is 31.4 Å². The van der Waals surface area contributed by atoms with E-state index in [0.717, 1.165) is 9.87 Å². The third kappa shape index (κ3) is 5.46. The molecular formula is C23H22ClN3O4S. The Kier molecular flexibility index (Phi) is 7.50. The number of sulfonamides is 1. The highest BCUT2D eigenvalue weighted by Gasteiger charge is 2.27. The van der Waals surface area contributed by atoms with Gasteiger partial charge < -0.3 is 4.74 Å². The zero-order valence-electron chi connectivity index (χ0n) is 17.5. The highest BCUT2D eigenvalue weighted by Crippen LogP contribution is 2.31. The van der Waals surface area contributed by atoms with Crippen LogP contribution in [0.4, 0.5) is 5.69 Å². The number of hydrazone groups is 1. The average molecular weight is 472 g/mol. The van der Waals surface area contributed by atoms with Crippen molar-refractivity contribution in [3.05, 3.63) is 89.4 Å². The van der Waals surface area contributed by atoms with Gasteiger partial charge in [-0.25, -0.2) is 13.8 Å². The number of nitrogens with zero attached hydrogens (tertiary/aromatic N) is 2. The van der Waals surface area contributed by atoms with E-state index in [-0.39, 0.29) is 15.6 Å². The monoisotopic (exact) mass is 471 g/mol. The van der Waals surface area contributed by atoms with Gasteiger partial charge in [0.15, 0.2) is 0 Å². The predicted octanol–water partition coefficient (Wildman–Crippen LogP) is 4.08. The lowest BCUT2D eigenvalue weighted by Gasteiger charge is -2.24. The lowest BCUT2D eigenvalue weighted by molar-refractivity contribution is -0.119. The molecule has 0 heterocycles. The highest BCUT2D eigenvalue weighted by molar-refractivity contribution is 7.92. The molecule has 1 amide bonds. The standard InChI is InChI=1S/C23H22ClN3O4S/c1-17(18-9-5-3-6-10-18)25-26-23(28)16-27(19-13-14-22(31-2)21(24)15-19)32(29,30)20-11-7-4-8-12-20/h3-15H,16H2,1-2H3,(H,26,28). The van der Waals surface area contributed by atoms with Crippen LogP contribution in [0, 0.1) is 0 Å². The molecule has 0 aliphatic heterocycles. The van der Waals surface area contributed by atoms with Crippen molar-refractivity contribution in [2.45, 2.75) is 11.8 Å². The molecule has 0 aliphatic carbocycles. The summed E-state index contributed by atoms with van der Waals surface area (Å²) in [7, 11) is -2.59. The molecule has 0 aromatic heterocycles. The fourth-order valence-electron chi connectivity index (χ4n) is 2.90. The SMILES string of the molecule is COc1ccc(N(CC(=O)NN=C(C)c2ccccc2)S(=O)(=O)c2ccccc2)cc1Cl. The average Bonchev–Trinajstić information content (AvgIpc) is 2.82. The third-order valence-corrected chi connectivity index (χ3v) is 6.67. The Morgan fingerprint density at radius 1 is 1.03 bits per heavy atom. The topological polar surface area (TPSA) is 88.1 Å². The second-order valence-corrected chi connectivity index (χ2v) is 9.01. The van der Waals surface area contributed by atoms with E-state index in [1.54, 1.807) is 31.2 Å². The summed E-state index contributed by atoms with van der Waals surface area (Å²) >= 11 is 6.21. The van der Waals surface area contributed by atoms with Crippen LogP contribution < -0.4 is 14.5 Å². The first-order valence-corrected chi connectivity index (χ1v) is 11.4. The van der Waals surface area contributed by atoms with Gasteiger partial charge in [-0.05, 0) is 42.8 Å². The van der Waals surface area contributed by atoms with Crippen molar-refractivity contribution in [2.24, 2.45) is 5.10 Å². The predicted molar refractivity (Wildman–Crippen MR) is 126 cm³/mol. The van der Waals surface area contributed by atoms with E-state index in [1.807, 2.05) is 30.3 Å². The van der Waals surface area contributed by atoms with Crippen LogP contribution in [0.25, 0.3) is 0 Å². The van der Waals surface area contributed by atoms with Crippen molar-refractivity contribution in [3.8, 4) is 5.75 Å². The lowest BCUT2D eigenvalue weighted by Crippen LogP contribution is -2.39. The summed E-state index contributed by atoms with van der Waals surface area (Å²) in [6.07, 6.45) is 0. The fraction of sp³-hybridized carbons (Fsp3) is 0.130. The normalized spacial score (nSPS) is 11.7. The van der Waals surface area contributed by atoms with E-state index in [9.17, 15) is 13.2 Å². The van der Waals surface area contributed by atoms with Crippen LogP contribution in [0.2, 0.25) is 5.02 Å². The third-order valence-electron chi connectivity index (χ3n) is 4.58. The largest absolute Gasteiger partial charge is 0.495 e. The van der Waals surface area contributed by atoms with Gasteiger partial charge in [0.05, 0.1) is 28.4 Å². The Hall–Kier alpha value is -3.36. The Labute approximate surface area is 192 Å². The van der Waals surface area contributed by atoms with Gasteiger partial charge in [-0.1, -0.05) is 60.1 Å². The molecule has 0 fully saturated rings. The summed E-state index contributed by atoms with van der Waals surface area (Å²) in [5.41, 5.74) is 4.07. The number of methoxy groups -OCH3 is 1. The maximum absolute atomic E-state index is 13.3. The van der Waals surface area contributed by atoms with Gasteiger partial charge in [0.2, 0.25) is 0 Å².